The van der Waals surface area contributed by atoms with Crippen LogP contribution >= 0.6 is 0 Å². The molecule has 1 heteroatoms. The molecular weight excluding hydrogens is 265 g/mol. The second-order valence-corrected chi connectivity index (χ2v) is 8.51. The summed E-state index contributed by atoms with van der Waals surface area (Å²) < 4.78 is 3.22. The molecule has 0 unspecified atom stereocenters. The van der Waals surface area contributed by atoms with Gasteiger partial charge >= 0.3 is 20.4 Å². The molecule has 0 nitrogen and oxygen atoms in total. The van der Waals surface area contributed by atoms with E-state index in [4.69, 9.17) is 0 Å². The van der Waals surface area contributed by atoms with Crippen molar-refractivity contribution in [1.82, 2.24) is 0 Å². The van der Waals surface area contributed by atoms with Crippen molar-refractivity contribution < 1.29 is 0 Å². The highest BCUT2D eigenvalue weighted by Gasteiger charge is 2.14. The molecule has 0 spiro atoms. The monoisotopic (exact) mass is 290 g/mol. The van der Waals surface area contributed by atoms with E-state index in [1.165, 1.54) is 44.5 Å². The lowest BCUT2D eigenvalue weighted by Gasteiger charge is -2.18. The summed E-state index contributed by atoms with van der Waals surface area (Å²) >= 11 is -0.410. The van der Waals surface area contributed by atoms with E-state index < -0.39 is 20.4 Å². The zero-order chi connectivity index (χ0) is 15.9. The molecule has 0 fully saturated rings. The predicted octanol–water partition coefficient (Wildman–Crippen LogP) is 3.81. The second kappa shape index (κ2) is 6.14. The molecule has 0 atom stereocenters. The largest absolute Gasteiger partial charge is 0.451 e. The molecule has 0 amide bonds. The van der Waals surface area contributed by atoms with Crippen LogP contribution in [0.1, 0.15) is 44.5 Å². The average molecular weight is 291 g/mol. The van der Waals surface area contributed by atoms with E-state index >= 15 is 0 Å². The van der Waals surface area contributed by atoms with Crippen molar-refractivity contribution in [2.75, 3.05) is 0 Å². The maximum atomic E-state index is 2.44. The van der Waals surface area contributed by atoms with E-state index in [-0.39, 0.29) is 0 Å². The van der Waals surface area contributed by atoms with Gasteiger partial charge in [-0.25, -0.2) is 0 Å². The summed E-state index contributed by atoms with van der Waals surface area (Å²) in [5.74, 6) is 0. The van der Waals surface area contributed by atoms with Crippen molar-refractivity contribution in [1.29, 1.82) is 0 Å². The van der Waals surface area contributed by atoms with Crippen LogP contribution in [-0.4, -0.2) is 20.4 Å². The lowest BCUT2D eigenvalue weighted by Crippen LogP contribution is -2.33. The molecule has 0 aliphatic rings. The summed E-state index contributed by atoms with van der Waals surface area (Å²) in [4.78, 5) is 0. The van der Waals surface area contributed by atoms with Crippen LogP contribution in [-0.2, 0) is 0 Å². The molecule has 0 saturated heterocycles. The molecule has 0 aliphatic heterocycles. The Labute approximate surface area is 139 Å². The first kappa shape index (κ1) is 16.6. The van der Waals surface area contributed by atoms with Crippen molar-refractivity contribution in [2.24, 2.45) is 0 Å². The summed E-state index contributed by atoms with van der Waals surface area (Å²) in [7, 11) is 0. The molecule has 0 heterocycles. The van der Waals surface area contributed by atoms with Crippen LogP contribution < -0.4 is 7.39 Å². The van der Waals surface area contributed by atoms with Gasteiger partial charge in [-0.2, -0.15) is 7.39 Å². The lowest BCUT2D eigenvalue weighted by molar-refractivity contribution is 1.23. The van der Waals surface area contributed by atoms with E-state index in [2.05, 4.69) is 67.5 Å². The smallest absolute Gasteiger partial charge is 0.162 e. The van der Waals surface area contributed by atoms with Gasteiger partial charge in [0.1, 0.15) is 0 Å². The van der Waals surface area contributed by atoms with Crippen LogP contribution in [0.25, 0.3) is 0 Å². The van der Waals surface area contributed by atoms with Crippen molar-refractivity contribution >= 4 is 27.8 Å². The topological polar surface area (TPSA) is 0 Å². The molecule has 2 rings (SSSR count). The molecule has 2 aromatic carbocycles. The number of hydrogen-bond donors (Lipinski definition) is 0. The molecule has 0 bridgehead atoms. The summed E-state index contributed by atoms with van der Waals surface area (Å²) in [5.41, 5.74) is 11.8. The van der Waals surface area contributed by atoms with Crippen molar-refractivity contribution in [3.05, 3.63) is 56.6 Å². The summed E-state index contributed by atoms with van der Waals surface area (Å²) in [6, 6.07) is 4.88. The minimum absolute atomic E-state index is 0.410. The number of benzene rings is 2. The Morgan fingerprint density at radius 3 is 1.14 bits per heavy atom. The first-order chi connectivity index (χ1) is 9.73. The summed E-state index contributed by atoms with van der Waals surface area (Å²) in [6.45, 7) is 18.1. The highest BCUT2D eigenvalue weighted by molar-refractivity contribution is 6.68. The van der Waals surface area contributed by atoms with Crippen LogP contribution in [0.2, 0.25) is 0 Å². The zero-order valence-corrected chi connectivity index (χ0v) is 16.3. The average Bonchev–Trinajstić information content (AvgIpc) is 2.45. The molecule has 0 aliphatic carbocycles. The van der Waals surface area contributed by atoms with Gasteiger partial charge in [0.2, 0.25) is 0 Å². The zero-order valence-electron chi connectivity index (χ0n) is 14.9. The third-order valence-electron chi connectivity index (χ3n) is 5.56. The van der Waals surface area contributed by atoms with Crippen LogP contribution in [0.15, 0.2) is 12.1 Å². The van der Waals surface area contributed by atoms with Gasteiger partial charge in [0, 0.05) is 0 Å². The van der Waals surface area contributed by atoms with Crippen LogP contribution in [0.5, 0.6) is 0 Å². The molecule has 21 heavy (non-hydrogen) atoms. The Bertz CT molecular complexity index is 647. The SMILES string of the molecule is Cc1c[c]([Mg][c]2cc(C)c(C)c(C)c2C)c(C)c(C)c1C. The minimum Gasteiger partial charge on any atom is -0.162 e. The molecular formula is C20H26Mg. The van der Waals surface area contributed by atoms with Crippen LogP contribution in [0.4, 0.5) is 0 Å². The van der Waals surface area contributed by atoms with Crippen molar-refractivity contribution in [3.8, 4) is 0 Å². The van der Waals surface area contributed by atoms with E-state index in [0.29, 0.717) is 0 Å². The van der Waals surface area contributed by atoms with E-state index in [9.17, 15) is 0 Å². The Morgan fingerprint density at radius 1 is 0.476 bits per heavy atom. The Hall–Kier alpha value is -0.794. The molecule has 0 saturated carbocycles. The Balaban J connectivity index is 2.54. The van der Waals surface area contributed by atoms with Gasteiger partial charge < -0.3 is 0 Å². The van der Waals surface area contributed by atoms with Gasteiger partial charge in [-0.05, 0) is 77.6 Å². The van der Waals surface area contributed by atoms with Gasteiger partial charge in [-0.3, -0.25) is 0 Å². The Morgan fingerprint density at radius 2 is 0.810 bits per heavy atom. The minimum atomic E-state index is -0.410. The maximum Gasteiger partial charge on any atom is 0.451 e. The molecule has 2 aromatic rings. The lowest BCUT2D eigenvalue weighted by atomic mass is 9.99. The van der Waals surface area contributed by atoms with Crippen LogP contribution in [0.3, 0.4) is 0 Å². The summed E-state index contributed by atoms with van der Waals surface area (Å²) in [5, 5.41) is 0. The van der Waals surface area contributed by atoms with Gasteiger partial charge in [0.25, 0.3) is 0 Å². The van der Waals surface area contributed by atoms with Gasteiger partial charge in [0.15, 0.2) is 0 Å². The summed E-state index contributed by atoms with van der Waals surface area (Å²) in [6.07, 6.45) is 0. The highest BCUT2D eigenvalue weighted by atomic mass is 24.5. The highest BCUT2D eigenvalue weighted by Crippen LogP contribution is 2.16. The molecule has 0 radical (unpaired) electrons. The number of rotatable bonds is 2. The fourth-order valence-corrected chi connectivity index (χ4v) is 5.45. The fourth-order valence-electron chi connectivity index (χ4n) is 3.16. The standard InChI is InChI=1S/2C10H13.Mg/c2*1-7-5-6-8(2)10(4)9(7)3;/h2*5H,1-4H3;. The third kappa shape index (κ3) is 3.05. The third-order valence-corrected chi connectivity index (χ3v) is 7.79. The number of aryl methyl sites for hydroxylation is 2. The Kier molecular flexibility index (Phi) is 4.84. The normalized spacial score (nSPS) is 10.7. The van der Waals surface area contributed by atoms with E-state index in [1.807, 2.05) is 0 Å². The quantitative estimate of drug-likeness (QED) is 0.738. The second-order valence-electron chi connectivity index (χ2n) is 6.63. The maximum absolute atomic E-state index is 2.44. The van der Waals surface area contributed by atoms with Crippen molar-refractivity contribution in [3.63, 3.8) is 0 Å². The number of hydrogen-bond acceptors (Lipinski definition) is 0. The van der Waals surface area contributed by atoms with Gasteiger partial charge in [-0.1, -0.05) is 34.4 Å². The fraction of sp³-hybridized carbons (Fsp3) is 0.400. The van der Waals surface area contributed by atoms with Gasteiger partial charge in [0.05, 0.1) is 0 Å². The molecule has 0 aromatic heterocycles. The van der Waals surface area contributed by atoms with Gasteiger partial charge in [-0.15, -0.1) is 0 Å². The van der Waals surface area contributed by atoms with E-state index in [0.717, 1.165) is 0 Å². The first-order valence-corrected chi connectivity index (χ1v) is 9.28. The van der Waals surface area contributed by atoms with E-state index in [1.54, 1.807) is 7.39 Å². The van der Waals surface area contributed by atoms with Crippen LogP contribution in [0, 0.1) is 55.4 Å². The predicted molar refractivity (Wildman–Crippen MR) is 95.8 cm³/mol. The molecule has 0 N–H and O–H groups in total. The first-order valence-electron chi connectivity index (χ1n) is 7.86. The molecule has 108 valence electrons. The van der Waals surface area contributed by atoms with Crippen molar-refractivity contribution in [2.45, 2.75) is 55.4 Å².